The molecular weight excluding hydrogens is 240 g/mol. The van der Waals surface area contributed by atoms with Gasteiger partial charge in [-0.25, -0.2) is 0 Å². The van der Waals surface area contributed by atoms with Crippen molar-refractivity contribution in [2.24, 2.45) is 41.4 Å². The lowest BCUT2D eigenvalue weighted by Crippen LogP contribution is -2.33. The topological polar surface area (TPSA) is 0 Å². The summed E-state index contributed by atoms with van der Waals surface area (Å²) in [6.45, 7) is 2.47. The van der Waals surface area contributed by atoms with Gasteiger partial charge in [0.2, 0.25) is 0 Å². The van der Waals surface area contributed by atoms with Crippen molar-refractivity contribution in [1.82, 2.24) is 0 Å². The Labute approximate surface area is 126 Å². The van der Waals surface area contributed by atoms with Crippen molar-refractivity contribution >= 4 is 0 Å². The Kier molecular flexibility index (Phi) is 3.86. The van der Waals surface area contributed by atoms with E-state index in [2.05, 4.69) is 6.92 Å². The van der Waals surface area contributed by atoms with Gasteiger partial charge in [0.1, 0.15) is 0 Å². The summed E-state index contributed by atoms with van der Waals surface area (Å²) in [6.07, 6.45) is 18.9. The highest BCUT2D eigenvalue weighted by atomic mass is 14.5. The van der Waals surface area contributed by atoms with E-state index in [0.717, 1.165) is 41.4 Å². The van der Waals surface area contributed by atoms with Crippen LogP contribution >= 0.6 is 0 Å². The predicted octanol–water partition coefficient (Wildman–Crippen LogP) is 6.06. The molecule has 0 N–H and O–H groups in total. The van der Waals surface area contributed by atoms with Crippen molar-refractivity contribution in [2.45, 2.75) is 84.0 Å². The minimum absolute atomic E-state index is 1.04. The van der Waals surface area contributed by atoms with E-state index in [9.17, 15) is 0 Å². The van der Waals surface area contributed by atoms with E-state index in [4.69, 9.17) is 0 Å². The first kappa shape index (κ1) is 13.6. The summed E-state index contributed by atoms with van der Waals surface area (Å²) in [5, 5.41) is 0. The van der Waals surface area contributed by atoms with Crippen LogP contribution < -0.4 is 0 Å². The molecule has 0 aromatic rings. The third kappa shape index (κ3) is 2.57. The van der Waals surface area contributed by atoms with E-state index in [1.165, 1.54) is 19.3 Å². The standard InChI is InChI=1S/C20H34/c1-14-6-7-16(10-14)19-12-20(13-19)18-9-8-17(11-18)15-4-2-3-5-15/h14-20H,2-13H2,1H3. The lowest BCUT2D eigenvalue weighted by atomic mass is 9.63. The molecule has 4 rings (SSSR count). The van der Waals surface area contributed by atoms with Crippen LogP contribution in [0.15, 0.2) is 0 Å². The van der Waals surface area contributed by atoms with E-state index in [0.29, 0.717) is 0 Å². The average Bonchev–Trinajstić information content (AvgIpc) is 3.07. The molecule has 0 heterocycles. The second-order valence-corrected chi connectivity index (χ2v) is 9.05. The molecule has 4 unspecified atom stereocenters. The molecule has 20 heavy (non-hydrogen) atoms. The van der Waals surface area contributed by atoms with Crippen molar-refractivity contribution in [3.05, 3.63) is 0 Å². The minimum atomic E-state index is 1.04. The van der Waals surface area contributed by atoms with Gasteiger partial charge in [0, 0.05) is 0 Å². The smallest absolute Gasteiger partial charge is 0.0380 e. The lowest BCUT2D eigenvalue weighted by Gasteiger charge is -2.43. The molecule has 0 aliphatic heterocycles. The van der Waals surface area contributed by atoms with Gasteiger partial charge in [-0.3, -0.25) is 0 Å². The molecular formula is C20H34. The monoisotopic (exact) mass is 274 g/mol. The Morgan fingerprint density at radius 3 is 1.55 bits per heavy atom. The van der Waals surface area contributed by atoms with Crippen LogP contribution in [-0.4, -0.2) is 0 Å². The van der Waals surface area contributed by atoms with Crippen molar-refractivity contribution in [3.63, 3.8) is 0 Å². The maximum absolute atomic E-state index is 2.47. The van der Waals surface area contributed by atoms with Gasteiger partial charge in [-0.2, -0.15) is 0 Å². The summed E-state index contributed by atoms with van der Waals surface area (Å²) < 4.78 is 0. The Bertz CT molecular complexity index is 321. The maximum Gasteiger partial charge on any atom is -0.0380 e. The minimum Gasteiger partial charge on any atom is -0.0625 e. The Balaban J connectivity index is 1.23. The Hall–Kier alpha value is 0. The number of rotatable bonds is 3. The van der Waals surface area contributed by atoms with Crippen LogP contribution in [0.25, 0.3) is 0 Å². The molecule has 0 bridgehead atoms. The SMILES string of the molecule is CC1CCC(C2CC(C3CCC(C4CCCC4)C3)C2)C1. The zero-order valence-corrected chi connectivity index (χ0v) is 13.5. The zero-order chi connectivity index (χ0) is 13.5. The summed E-state index contributed by atoms with van der Waals surface area (Å²) in [6, 6.07) is 0. The second kappa shape index (κ2) is 5.65. The molecule has 4 aliphatic rings. The van der Waals surface area contributed by atoms with Gasteiger partial charge in [-0.1, -0.05) is 39.0 Å². The molecule has 4 fully saturated rings. The quantitative estimate of drug-likeness (QED) is 0.587. The summed E-state index contributed by atoms with van der Waals surface area (Å²) >= 11 is 0. The molecule has 0 heteroatoms. The molecule has 4 atom stereocenters. The number of hydrogen-bond donors (Lipinski definition) is 0. The van der Waals surface area contributed by atoms with E-state index >= 15 is 0 Å². The normalized spacial score (nSPS) is 49.6. The van der Waals surface area contributed by atoms with Crippen LogP contribution in [0.1, 0.15) is 84.0 Å². The molecule has 0 amide bonds. The van der Waals surface area contributed by atoms with Gasteiger partial charge in [0.25, 0.3) is 0 Å². The molecule has 0 spiro atoms. The second-order valence-electron chi connectivity index (χ2n) is 9.05. The largest absolute Gasteiger partial charge is 0.0625 e. The fourth-order valence-electron chi connectivity index (χ4n) is 6.50. The van der Waals surface area contributed by atoms with Gasteiger partial charge in [0.05, 0.1) is 0 Å². The van der Waals surface area contributed by atoms with Crippen molar-refractivity contribution in [2.75, 3.05) is 0 Å². The molecule has 114 valence electrons. The van der Waals surface area contributed by atoms with E-state index < -0.39 is 0 Å². The molecule has 4 saturated carbocycles. The first-order valence-corrected chi connectivity index (χ1v) is 9.79. The first-order valence-electron chi connectivity index (χ1n) is 9.79. The Morgan fingerprint density at radius 2 is 0.950 bits per heavy atom. The van der Waals surface area contributed by atoms with E-state index in [1.807, 2.05) is 0 Å². The fraction of sp³-hybridized carbons (Fsp3) is 1.00. The van der Waals surface area contributed by atoms with E-state index in [1.54, 1.807) is 57.8 Å². The van der Waals surface area contributed by atoms with Crippen molar-refractivity contribution in [1.29, 1.82) is 0 Å². The molecule has 0 saturated heterocycles. The van der Waals surface area contributed by atoms with Gasteiger partial charge in [-0.15, -0.1) is 0 Å². The Morgan fingerprint density at radius 1 is 0.450 bits per heavy atom. The van der Waals surface area contributed by atoms with Crippen molar-refractivity contribution < 1.29 is 0 Å². The van der Waals surface area contributed by atoms with Gasteiger partial charge < -0.3 is 0 Å². The zero-order valence-electron chi connectivity index (χ0n) is 13.5. The summed E-state index contributed by atoms with van der Waals surface area (Å²) in [5.41, 5.74) is 0. The average molecular weight is 274 g/mol. The third-order valence-corrected chi connectivity index (χ3v) is 7.86. The predicted molar refractivity (Wildman–Crippen MR) is 85.5 cm³/mol. The van der Waals surface area contributed by atoms with Crippen LogP contribution in [0.5, 0.6) is 0 Å². The van der Waals surface area contributed by atoms with Crippen LogP contribution in [0.3, 0.4) is 0 Å². The van der Waals surface area contributed by atoms with Gasteiger partial charge >= 0.3 is 0 Å². The van der Waals surface area contributed by atoms with E-state index in [-0.39, 0.29) is 0 Å². The fourth-order valence-corrected chi connectivity index (χ4v) is 6.50. The molecule has 0 aromatic carbocycles. The molecule has 0 nitrogen and oxygen atoms in total. The van der Waals surface area contributed by atoms with Crippen molar-refractivity contribution in [3.8, 4) is 0 Å². The highest BCUT2D eigenvalue weighted by molar-refractivity contribution is 4.94. The van der Waals surface area contributed by atoms with Crippen LogP contribution in [-0.2, 0) is 0 Å². The molecule has 0 radical (unpaired) electrons. The summed E-state index contributed by atoms with van der Waals surface area (Å²) in [5.74, 6) is 7.92. The lowest BCUT2D eigenvalue weighted by molar-refractivity contribution is 0.0750. The van der Waals surface area contributed by atoms with Gasteiger partial charge in [-0.05, 0) is 86.4 Å². The van der Waals surface area contributed by atoms with Crippen LogP contribution in [0.4, 0.5) is 0 Å². The van der Waals surface area contributed by atoms with Crippen LogP contribution in [0, 0.1) is 41.4 Å². The third-order valence-electron chi connectivity index (χ3n) is 7.86. The highest BCUT2D eigenvalue weighted by Crippen LogP contribution is 2.54. The maximum atomic E-state index is 2.47. The highest BCUT2D eigenvalue weighted by Gasteiger charge is 2.43. The summed E-state index contributed by atoms with van der Waals surface area (Å²) in [7, 11) is 0. The van der Waals surface area contributed by atoms with Crippen LogP contribution in [0.2, 0.25) is 0 Å². The number of hydrogen-bond acceptors (Lipinski definition) is 0. The summed E-state index contributed by atoms with van der Waals surface area (Å²) in [4.78, 5) is 0. The molecule has 0 aromatic heterocycles. The molecule has 4 aliphatic carbocycles. The first-order chi connectivity index (χ1) is 9.79. The van der Waals surface area contributed by atoms with Gasteiger partial charge in [0.15, 0.2) is 0 Å².